The van der Waals surface area contributed by atoms with Crippen LogP contribution in [0.4, 0.5) is 11.4 Å². The summed E-state index contributed by atoms with van der Waals surface area (Å²) in [6.07, 6.45) is 0. The lowest BCUT2D eigenvalue weighted by Crippen LogP contribution is -3.12. The summed E-state index contributed by atoms with van der Waals surface area (Å²) in [6.45, 7) is 3.98. The molecule has 0 radical (unpaired) electrons. The maximum Gasteiger partial charge on any atom is 0.262 e. The first kappa shape index (κ1) is 18.8. The molecule has 1 heterocycles. The highest BCUT2D eigenvalue weighted by Crippen LogP contribution is 2.28. The molecule has 0 aromatic heterocycles. The van der Waals surface area contributed by atoms with Gasteiger partial charge < -0.3 is 19.9 Å². The molecule has 5 nitrogen and oxygen atoms in total. The van der Waals surface area contributed by atoms with E-state index in [1.807, 2.05) is 24.3 Å². The second kappa shape index (κ2) is 8.62. The van der Waals surface area contributed by atoms with Crippen LogP contribution < -0.4 is 19.9 Å². The lowest BCUT2D eigenvalue weighted by Gasteiger charge is -2.33. The first-order valence-corrected chi connectivity index (χ1v) is 9.31. The van der Waals surface area contributed by atoms with Crippen molar-refractivity contribution in [2.24, 2.45) is 0 Å². The number of hydrogen-bond acceptors (Lipinski definition) is 3. The van der Waals surface area contributed by atoms with Gasteiger partial charge >= 0.3 is 0 Å². The van der Waals surface area contributed by atoms with Gasteiger partial charge in [-0.3, -0.25) is 4.79 Å². The Kier molecular flexibility index (Phi) is 6.25. The van der Waals surface area contributed by atoms with Gasteiger partial charge in [-0.2, -0.15) is 0 Å². The number of likely N-dealkylation sites (N-methyl/N-ethyl adjacent to an activating group) is 1. The van der Waals surface area contributed by atoms with E-state index in [9.17, 15) is 4.79 Å². The molecule has 1 aliphatic heterocycles. The van der Waals surface area contributed by atoms with Gasteiger partial charge in [0.15, 0.2) is 6.61 Å². The molecule has 1 amide bonds. The minimum atomic E-state index is -0.233. The van der Waals surface area contributed by atoms with Crippen LogP contribution in [0.2, 0.25) is 10.0 Å². The summed E-state index contributed by atoms with van der Waals surface area (Å²) in [6, 6.07) is 12.8. The zero-order valence-electron chi connectivity index (χ0n) is 14.6. The molecule has 0 saturated carbocycles. The Balaban J connectivity index is 1.62. The van der Waals surface area contributed by atoms with Crippen LogP contribution in [0.1, 0.15) is 0 Å². The fourth-order valence-electron chi connectivity index (χ4n) is 2.91. The van der Waals surface area contributed by atoms with E-state index in [2.05, 4.69) is 17.3 Å². The maximum absolute atomic E-state index is 12.3. The minimum absolute atomic E-state index is 0.122. The predicted molar refractivity (Wildman–Crippen MR) is 106 cm³/mol. The summed E-state index contributed by atoms with van der Waals surface area (Å²) >= 11 is 11.9. The van der Waals surface area contributed by atoms with Crippen LogP contribution in [0, 0.1) is 0 Å². The van der Waals surface area contributed by atoms with Crippen LogP contribution in [0.25, 0.3) is 0 Å². The summed E-state index contributed by atoms with van der Waals surface area (Å²) in [4.78, 5) is 16.2. The summed E-state index contributed by atoms with van der Waals surface area (Å²) in [5, 5.41) is 3.84. The third kappa shape index (κ3) is 4.81. The molecular weight excluding hydrogens is 373 g/mol. The number of rotatable bonds is 5. The molecule has 7 heteroatoms. The van der Waals surface area contributed by atoms with Crippen LogP contribution in [-0.4, -0.2) is 45.7 Å². The van der Waals surface area contributed by atoms with Crippen molar-refractivity contribution in [2.45, 2.75) is 0 Å². The van der Waals surface area contributed by atoms with E-state index in [0.29, 0.717) is 15.8 Å². The number of benzene rings is 2. The van der Waals surface area contributed by atoms with E-state index in [0.717, 1.165) is 37.6 Å². The van der Waals surface area contributed by atoms with Crippen LogP contribution >= 0.6 is 23.2 Å². The summed E-state index contributed by atoms with van der Waals surface area (Å²) in [7, 11) is 2.20. The topological polar surface area (TPSA) is 46.0 Å². The van der Waals surface area contributed by atoms with Crippen molar-refractivity contribution in [1.29, 1.82) is 0 Å². The SMILES string of the molecule is C[NH+]1CCN(c2ccccc2NC(=O)COc2ccc(Cl)cc2Cl)CC1. The van der Waals surface area contributed by atoms with E-state index < -0.39 is 0 Å². The molecular formula is C19H22Cl2N3O2+. The third-order valence-corrected chi connectivity index (χ3v) is 4.92. The molecule has 1 aliphatic rings. The second-order valence-corrected chi connectivity index (χ2v) is 7.22. The fraction of sp³-hybridized carbons (Fsp3) is 0.316. The van der Waals surface area contributed by atoms with Gasteiger partial charge in [-0.1, -0.05) is 35.3 Å². The zero-order chi connectivity index (χ0) is 18.5. The Hall–Kier alpha value is -1.95. The van der Waals surface area contributed by atoms with E-state index in [1.165, 1.54) is 4.90 Å². The molecule has 0 bridgehead atoms. The van der Waals surface area contributed by atoms with Gasteiger partial charge in [-0.15, -0.1) is 0 Å². The van der Waals surface area contributed by atoms with Crippen LogP contribution in [-0.2, 0) is 4.79 Å². The number of quaternary nitrogens is 1. The Morgan fingerprint density at radius 2 is 1.92 bits per heavy atom. The molecule has 3 rings (SSSR count). The number of para-hydroxylation sites is 2. The normalized spacial score (nSPS) is 15.0. The highest BCUT2D eigenvalue weighted by atomic mass is 35.5. The molecule has 0 unspecified atom stereocenters. The van der Waals surface area contributed by atoms with Crippen molar-refractivity contribution in [1.82, 2.24) is 0 Å². The van der Waals surface area contributed by atoms with Crippen LogP contribution in [0.3, 0.4) is 0 Å². The summed E-state index contributed by atoms with van der Waals surface area (Å²) in [5.41, 5.74) is 1.83. The number of amides is 1. The zero-order valence-corrected chi connectivity index (χ0v) is 16.1. The van der Waals surface area contributed by atoms with Gasteiger partial charge in [-0.25, -0.2) is 0 Å². The molecule has 1 saturated heterocycles. The van der Waals surface area contributed by atoms with E-state index >= 15 is 0 Å². The Labute approximate surface area is 163 Å². The monoisotopic (exact) mass is 394 g/mol. The smallest absolute Gasteiger partial charge is 0.262 e. The van der Waals surface area contributed by atoms with Crippen molar-refractivity contribution in [3.8, 4) is 5.75 Å². The van der Waals surface area contributed by atoms with Gasteiger partial charge in [-0.05, 0) is 30.3 Å². The quantitative estimate of drug-likeness (QED) is 0.817. The van der Waals surface area contributed by atoms with Crippen molar-refractivity contribution < 1.29 is 14.4 Å². The molecule has 0 atom stereocenters. The van der Waals surface area contributed by atoms with Crippen molar-refractivity contribution in [2.75, 3.05) is 50.1 Å². The average Bonchev–Trinajstić information content (AvgIpc) is 2.62. The minimum Gasteiger partial charge on any atom is -0.482 e. The number of hydrogen-bond donors (Lipinski definition) is 2. The number of halogens is 2. The molecule has 2 aromatic carbocycles. The highest BCUT2D eigenvalue weighted by Gasteiger charge is 2.19. The highest BCUT2D eigenvalue weighted by molar-refractivity contribution is 6.35. The maximum atomic E-state index is 12.3. The number of nitrogens with one attached hydrogen (secondary N) is 2. The number of carbonyl (C=O) groups excluding carboxylic acids is 1. The van der Waals surface area contributed by atoms with Gasteiger partial charge in [0.1, 0.15) is 5.75 Å². The Bertz CT molecular complexity index is 777. The summed E-state index contributed by atoms with van der Waals surface area (Å²) in [5.74, 6) is 0.199. The number of anilines is 2. The van der Waals surface area contributed by atoms with Crippen molar-refractivity contribution >= 4 is 40.5 Å². The number of carbonyl (C=O) groups is 1. The first-order chi connectivity index (χ1) is 12.5. The molecule has 2 N–H and O–H groups in total. The largest absolute Gasteiger partial charge is 0.482 e. The van der Waals surface area contributed by atoms with Crippen molar-refractivity contribution in [3.05, 3.63) is 52.5 Å². The fourth-order valence-corrected chi connectivity index (χ4v) is 3.37. The van der Waals surface area contributed by atoms with Crippen LogP contribution in [0.5, 0.6) is 5.75 Å². The molecule has 1 fully saturated rings. The van der Waals surface area contributed by atoms with Gasteiger partial charge in [0.2, 0.25) is 0 Å². The molecule has 2 aromatic rings. The molecule has 0 aliphatic carbocycles. The van der Waals surface area contributed by atoms with Gasteiger partial charge in [0, 0.05) is 5.02 Å². The first-order valence-electron chi connectivity index (χ1n) is 8.56. The lowest BCUT2D eigenvalue weighted by atomic mass is 10.2. The Morgan fingerprint density at radius 3 is 2.65 bits per heavy atom. The molecule has 138 valence electrons. The van der Waals surface area contributed by atoms with Crippen molar-refractivity contribution in [3.63, 3.8) is 0 Å². The lowest BCUT2D eigenvalue weighted by molar-refractivity contribution is -0.880. The number of ether oxygens (including phenoxy) is 1. The number of nitrogens with zero attached hydrogens (tertiary/aromatic N) is 1. The molecule has 0 spiro atoms. The van der Waals surface area contributed by atoms with Crippen LogP contribution in [0.15, 0.2) is 42.5 Å². The molecule has 26 heavy (non-hydrogen) atoms. The van der Waals surface area contributed by atoms with Gasteiger partial charge in [0.05, 0.1) is 49.6 Å². The second-order valence-electron chi connectivity index (χ2n) is 6.37. The van der Waals surface area contributed by atoms with E-state index in [4.69, 9.17) is 27.9 Å². The predicted octanol–water partition coefficient (Wildman–Crippen LogP) is 2.35. The summed E-state index contributed by atoms with van der Waals surface area (Å²) < 4.78 is 5.51. The van der Waals surface area contributed by atoms with E-state index in [1.54, 1.807) is 18.2 Å². The van der Waals surface area contributed by atoms with E-state index in [-0.39, 0.29) is 12.5 Å². The standard InChI is InChI=1S/C19H21Cl2N3O2/c1-23-8-10-24(11-9-23)17-5-3-2-4-16(17)22-19(25)13-26-18-7-6-14(20)12-15(18)21/h2-7,12H,8-11,13H2,1H3,(H,22,25)/p+1. The van der Waals surface area contributed by atoms with Gasteiger partial charge in [0.25, 0.3) is 5.91 Å². The Morgan fingerprint density at radius 1 is 1.19 bits per heavy atom. The average molecular weight is 395 g/mol. The third-order valence-electron chi connectivity index (χ3n) is 4.39. The number of piperazine rings is 1.